The maximum absolute atomic E-state index is 10.1. The van der Waals surface area contributed by atoms with Crippen molar-refractivity contribution in [3.8, 4) is 5.75 Å². The minimum atomic E-state index is 0.361. The zero-order chi connectivity index (χ0) is 19.6. The van der Waals surface area contributed by atoms with Gasteiger partial charge in [0.15, 0.2) is 0 Å². The molecule has 4 heteroatoms. The average Bonchev–Trinajstić information content (AvgIpc) is 2.74. The maximum atomic E-state index is 10.1. The van der Waals surface area contributed by atoms with E-state index in [4.69, 9.17) is 0 Å². The van der Waals surface area contributed by atoms with E-state index in [0.717, 1.165) is 27.1 Å². The third kappa shape index (κ3) is 5.63. The van der Waals surface area contributed by atoms with Gasteiger partial charge in [0, 0.05) is 11.4 Å². The van der Waals surface area contributed by atoms with Gasteiger partial charge in [0.2, 0.25) is 6.41 Å². The van der Waals surface area contributed by atoms with Crippen molar-refractivity contribution in [3.63, 3.8) is 0 Å². The Kier molecular flexibility index (Phi) is 7.10. The molecular formula is C24H21NO2S. The number of para-hydroxylation sites is 1. The highest BCUT2D eigenvalue weighted by Crippen LogP contribution is 2.34. The van der Waals surface area contributed by atoms with Crippen molar-refractivity contribution in [1.29, 1.82) is 0 Å². The van der Waals surface area contributed by atoms with Crippen molar-refractivity contribution in [3.05, 3.63) is 103 Å². The molecule has 0 fully saturated rings. The quantitative estimate of drug-likeness (QED) is 0.322. The summed E-state index contributed by atoms with van der Waals surface area (Å²) in [5.41, 5.74) is 2.09. The van der Waals surface area contributed by atoms with Crippen molar-refractivity contribution in [2.24, 2.45) is 0 Å². The summed E-state index contributed by atoms with van der Waals surface area (Å²) in [6, 6.07) is 31.6. The van der Waals surface area contributed by atoms with Crippen LogP contribution in [0.2, 0.25) is 0 Å². The molecular weight excluding hydrogens is 366 g/mol. The molecule has 1 amide bonds. The highest BCUT2D eigenvalue weighted by atomic mass is 32.2. The zero-order valence-corrected chi connectivity index (χ0v) is 16.1. The SMILES string of the molecule is O=CNc1ccccc1.Oc1cc2ccccc2cc1SCc1ccccc1. The highest BCUT2D eigenvalue weighted by Gasteiger charge is 2.04. The number of phenols is 1. The number of benzene rings is 4. The lowest BCUT2D eigenvalue weighted by molar-refractivity contribution is -0.105. The lowest BCUT2D eigenvalue weighted by Crippen LogP contribution is -1.91. The first-order valence-corrected chi connectivity index (χ1v) is 9.88. The monoisotopic (exact) mass is 387 g/mol. The molecule has 0 aliphatic heterocycles. The van der Waals surface area contributed by atoms with Gasteiger partial charge >= 0.3 is 0 Å². The molecule has 0 atom stereocenters. The molecule has 0 aliphatic carbocycles. The van der Waals surface area contributed by atoms with E-state index in [1.807, 2.05) is 72.8 Å². The van der Waals surface area contributed by atoms with Crippen LogP contribution < -0.4 is 5.32 Å². The van der Waals surface area contributed by atoms with Crippen LogP contribution in [0.5, 0.6) is 5.75 Å². The first kappa shape index (κ1) is 19.5. The van der Waals surface area contributed by atoms with E-state index >= 15 is 0 Å². The number of anilines is 1. The number of fused-ring (bicyclic) bond motifs is 1. The highest BCUT2D eigenvalue weighted by molar-refractivity contribution is 7.98. The van der Waals surface area contributed by atoms with Gasteiger partial charge in [0.05, 0.1) is 4.90 Å². The molecule has 0 bridgehead atoms. The number of amides is 1. The summed E-state index contributed by atoms with van der Waals surface area (Å²) in [6.07, 6.45) is 0.662. The normalized spacial score (nSPS) is 10.0. The van der Waals surface area contributed by atoms with Crippen molar-refractivity contribution < 1.29 is 9.90 Å². The summed E-state index contributed by atoms with van der Waals surface area (Å²) in [6.45, 7) is 0. The van der Waals surface area contributed by atoms with Crippen molar-refractivity contribution in [2.75, 3.05) is 5.32 Å². The molecule has 0 spiro atoms. The molecule has 0 aromatic heterocycles. The van der Waals surface area contributed by atoms with Gasteiger partial charge in [0.25, 0.3) is 0 Å². The molecule has 0 radical (unpaired) electrons. The second kappa shape index (κ2) is 10.2. The number of hydrogen-bond acceptors (Lipinski definition) is 3. The molecule has 0 unspecified atom stereocenters. The Bertz CT molecular complexity index is 1020. The van der Waals surface area contributed by atoms with Gasteiger partial charge in [-0.05, 0) is 40.6 Å². The summed E-state index contributed by atoms with van der Waals surface area (Å²) in [5, 5.41) is 14.8. The van der Waals surface area contributed by atoms with Crippen LogP contribution in [0.1, 0.15) is 5.56 Å². The first-order valence-electron chi connectivity index (χ1n) is 8.90. The van der Waals surface area contributed by atoms with E-state index in [2.05, 4.69) is 29.6 Å². The molecule has 4 aromatic carbocycles. The lowest BCUT2D eigenvalue weighted by Gasteiger charge is -2.07. The van der Waals surface area contributed by atoms with Crippen LogP contribution in [0.25, 0.3) is 10.8 Å². The Hall–Kier alpha value is -3.24. The Morgan fingerprint density at radius 1 is 0.786 bits per heavy atom. The number of carbonyl (C=O) groups excluding carboxylic acids is 1. The van der Waals surface area contributed by atoms with Crippen LogP contribution in [0.15, 0.2) is 102 Å². The smallest absolute Gasteiger partial charge is 0.211 e. The fraction of sp³-hybridized carbons (Fsp3) is 0.0417. The Balaban J connectivity index is 0.000000211. The van der Waals surface area contributed by atoms with Crippen LogP contribution in [0, 0.1) is 0 Å². The number of carbonyl (C=O) groups is 1. The molecule has 0 saturated carbocycles. The van der Waals surface area contributed by atoms with E-state index in [1.54, 1.807) is 11.8 Å². The third-order valence-electron chi connectivity index (χ3n) is 4.06. The lowest BCUT2D eigenvalue weighted by atomic mass is 10.1. The fourth-order valence-corrected chi connectivity index (χ4v) is 3.59. The van der Waals surface area contributed by atoms with Gasteiger partial charge in [-0.25, -0.2) is 0 Å². The number of nitrogens with one attached hydrogen (secondary N) is 1. The van der Waals surface area contributed by atoms with E-state index in [-0.39, 0.29) is 0 Å². The van der Waals surface area contributed by atoms with Gasteiger partial charge in [-0.2, -0.15) is 0 Å². The number of thioether (sulfide) groups is 1. The summed E-state index contributed by atoms with van der Waals surface area (Å²) < 4.78 is 0. The summed E-state index contributed by atoms with van der Waals surface area (Å²) in [5.74, 6) is 1.23. The molecule has 0 aliphatic rings. The predicted octanol–water partition coefficient (Wildman–Crippen LogP) is 6.09. The van der Waals surface area contributed by atoms with Gasteiger partial charge in [-0.15, -0.1) is 11.8 Å². The second-order valence-corrected chi connectivity index (χ2v) is 7.09. The zero-order valence-electron chi connectivity index (χ0n) is 15.3. The second-order valence-electron chi connectivity index (χ2n) is 6.07. The summed E-state index contributed by atoms with van der Waals surface area (Å²) in [4.78, 5) is 10.8. The van der Waals surface area contributed by atoms with E-state index in [1.165, 1.54) is 5.56 Å². The predicted molar refractivity (Wildman–Crippen MR) is 118 cm³/mol. The molecule has 3 nitrogen and oxygen atoms in total. The Morgan fingerprint density at radius 2 is 1.36 bits per heavy atom. The molecule has 140 valence electrons. The number of aromatic hydroxyl groups is 1. The van der Waals surface area contributed by atoms with Crippen LogP contribution in [0.4, 0.5) is 5.69 Å². The number of hydrogen-bond donors (Lipinski definition) is 2. The molecule has 2 N–H and O–H groups in total. The van der Waals surface area contributed by atoms with Crippen molar-refractivity contribution >= 4 is 34.6 Å². The first-order chi connectivity index (χ1) is 13.8. The van der Waals surface area contributed by atoms with E-state index in [0.29, 0.717) is 12.2 Å². The van der Waals surface area contributed by atoms with Crippen LogP contribution in [-0.4, -0.2) is 11.5 Å². The molecule has 4 aromatic rings. The maximum Gasteiger partial charge on any atom is 0.211 e. The van der Waals surface area contributed by atoms with Crippen molar-refractivity contribution in [2.45, 2.75) is 10.6 Å². The third-order valence-corrected chi connectivity index (χ3v) is 5.18. The van der Waals surface area contributed by atoms with Gasteiger partial charge in [0.1, 0.15) is 5.75 Å². The van der Waals surface area contributed by atoms with E-state index < -0.39 is 0 Å². The van der Waals surface area contributed by atoms with Gasteiger partial charge < -0.3 is 10.4 Å². The standard InChI is InChI=1S/C17H14OS.C7H7NO/c18-16-10-14-8-4-5-9-15(14)11-17(16)19-12-13-6-2-1-3-7-13;9-6-8-7-4-2-1-3-5-7/h1-11,18H,12H2;1-6H,(H,8,9). The molecule has 0 saturated heterocycles. The number of phenolic OH excluding ortho intramolecular Hbond substituents is 1. The minimum absolute atomic E-state index is 0.361. The summed E-state index contributed by atoms with van der Waals surface area (Å²) in [7, 11) is 0. The van der Waals surface area contributed by atoms with Crippen molar-refractivity contribution in [1.82, 2.24) is 0 Å². The Labute approximate surface area is 169 Å². The van der Waals surface area contributed by atoms with Crippen LogP contribution in [0.3, 0.4) is 0 Å². The molecule has 0 heterocycles. The van der Waals surface area contributed by atoms with Crippen LogP contribution >= 0.6 is 11.8 Å². The van der Waals surface area contributed by atoms with Crippen LogP contribution in [-0.2, 0) is 10.5 Å². The molecule has 28 heavy (non-hydrogen) atoms. The summed E-state index contributed by atoms with van der Waals surface area (Å²) >= 11 is 1.66. The number of rotatable bonds is 5. The van der Waals surface area contributed by atoms with Gasteiger partial charge in [-0.1, -0.05) is 72.8 Å². The molecule has 4 rings (SSSR count). The van der Waals surface area contributed by atoms with E-state index in [9.17, 15) is 9.90 Å². The topological polar surface area (TPSA) is 49.3 Å². The largest absolute Gasteiger partial charge is 0.507 e. The fourth-order valence-electron chi connectivity index (χ4n) is 2.66. The minimum Gasteiger partial charge on any atom is -0.507 e. The average molecular weight is 388 g/mol. The van der Waals surface area contributed by atoms with Gasteiger partial charge in [-0.3, -0.25) is 4.79 Å². The Morgan fingerprint density at radius 3 is 2.00 bits per heavy atom.